The van der Waals surface area contributed by atoms with E-state index in [0.717, 1.165) is 35.0 Å². The highest BCUT2D eigenvalue weighted by Crippen LogP contribution is 2.21. The monoisotopic (exact) mass is 338 g/mol. The van der Waals surface area contributed by atoms with Gasteiger partial charge in [0.1, 0.15) is 4.88 Å². The van der Waals surface area contributed by atoms with Crippen molar-refractivity contribution in [3.8, 4) is 0 Å². The third-order valence-electron chi connectivity index (χ3n) is 4.14. The molecule has 5 heteroatoms. The fourth-order valence-electron chi connectivity index (χ4n) is 2.94. The molecule has 0 atom stereocenters. The number of thiazole rings is 1. The first-order chi connectivity index (χ1) is 11.1. The third-order valence-corrected chi connectivity index (χ3v) is 5.32. The molecule has 1 aromatic heterocycles. The van der Waals surface area contributed by atoms with Gasteiger partial charge in [-0.2, -0.15) is 0 Å². The van der Waals surface area contributed by atoms with Gasteiger partial charge in [0.25, 0.3) is 5.91 Å². The zero-order chi connectivity index (χ0) is 16.7. The lowest BCUT2D eigenvalue weighted by molar-refractivity contribution is 0.0273. The normalized spacial score (nSPS) is 16.0. The van der Waals surface area contributed by atoms with Gasteiger partial charge in [-0.05, 0) is 32.1 Å². The first-order valence-corrected chi connectivity index (χ1v) is 9.74. The second kappa shape index (κ2) is 9.38. The van der Waals surface area contributed by atoms with Gasteiger partial charge in [0.2, 0.25) is 0 Å². The molecule has 1 heterocycles. The van der Waals surface area contributed by atoms with E-state index < -0.39 is 0 Å². The van der Waals surface area contributed by atoms with Crippen molar-refractivity contribution in [2.24, 2.45) is 5.92 Å². The van der Waals surface area contributed by atoms with Crippen LogP contribution in [0.2, 0.25) is 0 Å². The molecule has 1 aromatic rings. The Labute approximate surface area is 144 Å². The lowest BCUT2D eigenvalue weighted by Crippen LogP contribution is -2.26. The topological polar surface area (TPSA) is 51.2 Å². The minimum Gasteiger partial charge on any atom is -0.378 e. The van der Waals surface area contributed by atoms with Crippen molar-refractivity contribution in [1.82, 2.24) is 10.3 Å². The van der Waals surface area contributed by atoms with Gasteiger partial charge in [-0.3, -0.25) is 4.79 Å². The average Bonchev–Trinajstić information content (AvgIpc) is 2.87. The lowest BCUT2D eigenvalue weighted by Gasteiger charge is -2.21. The highest BCUT2D eigenvalue weighted by atomic mass is 32.1. The molecule has 0 bridgehead atoms. The van der Waals surface area contributed by atoms with Gasteiger partial charge in [0.05, 0.1) is 16.8 Å². The van der Waals surface area contributed by atoms with Crippen LogP contribution in [0.3, 0.4) is 0 Å². The van der Waals surface area contributed by atoms with E-state index >= 15 is 0 Å². The molecule has 1 saturated carbocycles. The van der Waals surface area contributed by atoms with Crippen molar-refractivity contribution in [2.75, 3.05) is 13.2 Å². The average molecular weight is 339 g/mol. The summed E-state index contributed by atoms with van der Waals surface area (Å²) in [6.45, 7) is 7.67. The number of rotatable bonds is 8. The first kappa shape index (κ1) is 18.4. The summed E-state index contributed by atoms with van der Waals surface area (Å²) in [6, 6.07) is 0. The van der Waals surface area contributed by atoms with Gasteiger partial charge >= 0.3 is 0 Å². The quantitative estimate of drug-likeness (QED) is 0.725. The number of nitrogens with zero attached hydrogens (tertiary/aromatic N) is 1. The predicted octanol–water partition coefficient (Wildman–Crippen LogP) is 4.12. The number of hydrogen-bond donors (Lipinski definition) is 1. The highest BCUT2D eigenvalue weighted by Gasteiger charge is 2.16. The van der Waals surface area contributed by atoms with Crippen LogP contribution in [0, 0.1) is 12.8 Å². The SMILES string of the molecule is Cc1nc(CC(C)C)sc1C(=O)NCCCOC1CCCCC1. The van der Waals surface area contributed by atoms with Crippen LogP contribution in [-0.4, -0.2) is 30.1 Å². The first-order valence-electron chi connectivity index (χ1n) is 8.92. The third kappa shape index (κ3) is 6.22. The van der Waals surface area contributed by atoms with Crippen LogP contribution in [0.1, 0.15) is 72.7 Å². The summed E-state index contributed by atoms with van der Waals surface area (Å²) in [7, 11) is 0. The Morgan fingerprint density at radius 3 is 2.78 bits per heavy atom. The second-order valence-corrected chi connectivity index (χ2v) is 7.94. The summed E-state index contributed by atoms with van der Waals surface area (Å²) in [5.41, 5.74) is 0.849. The molecule has 1 amide bonds. The van der Waals surface area contributed by atoms with Gasteiger partial charge in [-0.1, -0.05) is 33.1 Å². The van der Waals surface area contributed by atoms with Crippen LogP contribution in [0.4, 0.5) is 0 Å². The molecular formula is C18H30N2O2S. The van der Waals surface area contributed by atoms with E-state index in [1.165, 1.54) is 43.4 Å². The Balaban J connectivity index is 1.67. The molecule has 23 heavy (non-hydrogen) atoms. The fourth-order valence-corrected chi connectivity index (χ4v) is 4.13. The van der Waals surface area contributed by atoms with E-state index in [4.69, 9.17) is 4.74 Å². The van der Waals surface area contributed by atoms with E-state index in [9.17, 15) is 4.79 Å². The Morgan fingerprint density at radius 1 is 1.35 bits per heavy atom. The Morgan fingerprint density at radius 2 is 2.09 bits per heavy atom. The Bertz CT molecular complexity index is 493. The minimum absolute atomic E-state index is 0.00710. The number of nitrogens with one attached hydrogen (secondary N) is 1. The number of aryl methyl sites for hydroxylation is 1. The molecule has 0 aromatic carbocycles. The second-order valence-electron chi connectivity index (χ2n) is 6.86. The largest absolute Gasteiger partial charge is 0.378 e. The molecule has 130 valence electrons. The van der Waals surface area contributed by atoms with Crippen LogP contribution in [-0.2, 0) is 11.2 Å². The number of carbonyl (C=O) groups is 1. The van der Waals surface area contributed by atoms with Gasteiger partial charge in [-0.15, -0.1) is 11.3 Å². The lowest BCUT2D eigenvalue weighted by atomic mass is 9.98. The van der Waals surface area contributed by atoms with Crippen molar-refractivity contribution >= 4 is 17.2 Å². The molecule has 2 rings (SSSR count). The van der Waals surface area contributed by atoms with Crippen LogP contribution in [0.5, 0.6) is 0 Å². The Kier molecular flexibility index (Phi) is 7.50. The Hall–Kier alpha value is -0.940. The summed E-state index contributed by atoms with van der Waals surface area (Å²) < 4.78 is 5.88. The number of ether oxygens (including phenoxy) is 1. The number of aromatic nitrogens is 1. The van der Waals surface area contributed by atoms with Crippen molar-refractivity contribution in [1.29, 1.82) is 0 Å². The molecular weight excluding hydrogens is 308 g/mol. The van der Waals surface area contributed by atoms with E-state index in [-0.39, 0.29) is 5.91 Å². The molecule has 1 aliphatic rings. The number of hydrogen-bond acceptors (Lipinski definition) is 4. The molecule has 1 N–H and O–H groups in total. The summed E-state index contributed by atoms with van der Waals surface area (Å²) >= 11 is 1.53. The van der Waals surface area contributed by atoms with Crippen LogP contribution >= 0.6 is 11.3 Å². The molecule has 0 unspecified atom stereocenters. The molecule has 1 fully saturated rings. The summed E-state index contributed by atoms with van der Waals surface area (Å²) in [4.78, 5) is 17.5. The van der Waals surface area contributed by atoms with Gasteiger partial charge in [0, 0.05) is 19.6 Å². The zero-order valence-electron chi connectivity index (χ0n) is 14.7. The number of carbonyl (C=O) groups excluding carboxylic acids is 1. The van der Waals surface area contributed by atoms with E-state index in [2.05, 4.69) is 24.1 Å². The molecule has 0 spiro atoms. The van der Waals surface area contributed by atoms with E-state index in [0.29, 0.717) is 18.6 Å². The van der Waals surface area contributed by atoms with Gasteiger partial charge in [0.15, 0.2) is 0 Å². The van der Waals surface area contributed by atoms with Crippen LogP contribution in [0.15, 0.2) is 0 Å². The van der Waals surface area contributed by atoms with E-state index in [1.54, 1.807) is 0 Å². The molecule has 4 nitrogen and oxygen atoms in total. The fraction of sp³-hybridized carbons (Fsp3) is 0.778. The maximum absolute atomic E-state index is 12.2. The molecule has 0 radical (unpaired) electrons. The maximum atomic E-state index is 12.2. The predicted molar refractivity (Wildman–Crippen MR) is 95.2 cm³/mol. The summed E-state index contributed by atoms with van der Waals surface area (Å²) in [6.07, 6.45) is 8.60. The van der Waals surface area contributed by atoms with Crippen LogP contribution < -0.4 is 5.32 Å². The zero-order valence-corrected chi connectivity index (χ0v) is 15.5. The standard InChI is InChI=1S/C18H30N2O2S/c1-13(2)12-16-20-14(3)17(23-16)18(21)19-10-7-11-22-15-8-5-4-6-9-15/h13,15H,4-12H2,1-3H3,(H,19,21). The van der Waals surface area contributed by atoms with Gasteiger partial charge < -0.3 is 10.1 Å². The molecule has 1 aliphatic carbocycles. The highest BCUT2D eigenvalue weighted by molar-refractivity contribution is 7.13. The van der Waals surface area contributed by atoms with Crippen molar-refractivity contribution < 1.29 is 9.53 Å². The summed E-state index contributed by atoms with van der Waals surface area (Å²) in [5.74, 6) is 0.570. The van der Waals surface area contributed by atoms with E-state index in [1.807, 2.05) is 6.92 Å². The number of amides is 1. The van der Waals surface area contributed by atoms with Crippen molar-refractivity contribution in [2.45, 2.75) is 71.8 Å². The molecule has 0 aliphatic heterocycles. The minimum atomic E-state index is 0.00710. The van der Waals surface area contributed by atoms with Crippen LogP contribution in [0.25, 0.3) is 0 Å². The van der Waals surface area contributed by atoms with Crippen molar-refractivity contribution in [3.05, 3.63) is 15.6 Å². The van der Waals surface area contributed by atoms with Gasteiger partial charge in [-0.25, -0.2) is 4.98 Å². The summed E-state index contributed by atoms with van der Waals surface area (Å²) in [5, 5.41) is 4.05. The maximum Gasteiger partial charge on any atom is 0.263 e. The molecule has 0 saturated heterocycles. The smallest absolute Gasteiger partial charge is 0.263 e. The van der Waals surface area contributed by atoms with Crippen molar-refractivity contribution in [3.63, 3.8) is 0 Å².